The molecule has 4 fully saturated rings. The van der Waals surface area contributed by atoms with Gasteiger partial charge in [0.15, 0.2) is 5.13 Å². The van der Waals surface area contributed by atoms with Gasteiger partial charge in [-0.05, 0) is 74.8 Å². The van der Waals surface area contributed by atoms with Crippen molar-refractivity contribution in [2.75, 3.05) is 11.9 Å². The lowest BCUT2D eigenvalue weighted by Gasteiger charge is -2.56. The summed E-state index contributed by atoms with van der Waals surface area (Å²) in [6.45, 7) is 2.34. The van der Waals surface area contributed by atoms with E-state index in [1.807, 2.05) is 25.1 Å². The van der Waals surface area contributed by atoms with E-state index in [2.05, 4.69) is 20.9 Å². The maximum Gasteiger partial charge on any atom is 0.315 e. The third-order valence-corrected chi connectivity index (χ3v) is 7.86. The van der Waals surface area contributed by atoms with Gasteiger partial charge < -0.3 is 16.0 Å². The number of hydrogen-bond donors (Lipinski definition) is 3. The average molecular weight is 413 g/mol. The zero-order valence-corrected chi connectivity index (χ0v) is 17.6. The number of carbonyl (C=O) groups excluding carboxylic acids is 2. The summed E-state index contributed by atoms with van der Waals surface area (Å²) in [5.74, 6) is 2.26. The first-order valence-corrected chi connectivity index (χ1v) is 11.5. The third-order valence-electron chi connectivity index (χ3n) is 6.92. The van der Waals surface area contributed by atoms with Crippen LogP contribution in [0.15, 0.2) is 18.2 Å². The van der Waals surface area contributed by atoms with E-state index in [0.29, 0.717) is 11.7 Å². The lowest BCUT2D eigenvalue weighted by atomic mass is 9.53. The van der Waals surface area contributed by atoms with Crippen molar-refractivity contribution in [3.05, 3.63) is 23.8 Å². The van der Waals surface area contributed by atoms with Crippen LogP contribution in [0.25, 0.3) is 10.2 Å². The lowest BCUT2D eigenvalue weighted by Crippen LogP contribution is -2.61. The van der Waals surface area contributed by atoms with Gasteiger partial charge in [-0.25, -0.2) is 9.78 Å². The Morgan fingerprint density at radius 3 is 2.48 bits per heavy atom. The van der Waals surface area contributed by atoms with Crippen LogP contribution in [0.2, 0.25) is 0 Å². The first-order chi connectivity index (χ1) is 14.0. The molecule has 7 heteroatoms. The number of rotatable bonds is 5. The minimum absolute atomic E-state index is 0.0000518. The van der Waals surface area contributed by atoms with Crippen LogP contribution in [-0.4, -0.2) is 29.0 Å². The molecule has 1 heterocycles. The topological polar surface area (TPSA) is 83.1 Å². The van der Waals surface area contributed by atoms with Crippen LogP contribution in [-0.2, 0) is 4.79 Å². The number of nitrogens with one attached hydrogen (secondary N) is 3. The molecule has 4 bridgehead atoms. The van der Waals surface area contributed by atoms with Gasteiger partial charge in [-0.15, -0.1) is 0 Å². The van der Waals surface area contributed by atoms with Crippen LogP contribution in [0.4, 0.5) is 9.93 Å². The molecule has 0 radical (unpaired) electrons. The van der Waals surface area contributed by atoms with Crippen molar-refractivity contribution in [2.24, 2.45) is 17.8 Å². The highest BCUT2D eigenvalue weighted by Gasteiger charge is 2.51. The van der Waals surface area contributed by atoms with Gasteiger partial charge in [-0.1, -0.05) is 23.5 Å². The molecular weight excluding hydrogens is 384 g/mol. The standard InChI is InChI=1S/C22H28N4O2S/c1-13-3-2-4-17-19(13)25-21(29-17)24-18(27)5-6-23-20(28)26-22-10-14-7-15(11-22)9-16(8-14)12-22/h2-4,14-16H,5-12H2,1H3,(H2,23,26,28)(H,24,25,27). The highest BCUT2D eigenvalue weighted by atomic mass is 32.1. The second-order valence-electron chi connectivity index (χ2n) is 9.32. The maximum absolute atomic E-state index is 12.5. The predicted molar refractivity (Wildman–Crippen MR) is 115 cm³/mol. The molecule has 3 amide bonds. The Morgan fingerprint density at radius 2 is 1.83 bits per heavy atom. The minimum atomic E-state index is -0.129. The van der Waals surface area contributed by atoms with E-state index >= 15 is 0 Å². The average Bonchev–Trinajstić information content (AvgIpc) is 3.04. The van der Waals surface area contributed by atoms with E-state index in [1.165, 1.54) is 30.6 Å². The van der Waals surface area contributed by atoms with E-state index in [4.69, 9.17) is 0 Å². The first kappa shape index (κ1) is 18.9. The molecule has 6 rings (SSSR count). The zero-order valence-electron chi connectivity index (χ0n) is 16.8. The molecule has 6 nitrogen and oxygen atoms in total. The van der Waals surface area contributed by atoms with E-state index in [-0.39, 0.29) is 23.9 Å². The van der Waals surface area contributed by atoms with Crippen LogP contribution in [0, 0.1) is 24.7 Å². The predicted octanol–water partition coefficient (Wildman–Crippen LogP) is 4.20. The fourth-order valence-corrected chi connectivity index (χ4v) is 7.12. The number of fused-ring (bicyclic) bond motifs is 1. The Morgan fingerprint density at radius 1 is 1.14 bits per heavy atom. The Kier molecular flexibility index (Phi) is 4.73. The van der Waals surface area contributed by atoms with E-state index in [9.17, 15) is 9.59 Å². The minimum Gasteiger partial charge on any atom is -0.338 e. The smallest absolute Gasteiger partial charge is 0.315 e. The molecule has 1 aromatic carbocycles. The van der Waals surface area contributed by atoms with Gasteiger partial charge in [0.1, 0.15) is 0 Å². The van der Waals surface area contributed by atoms with Gasteiger partial charge in [0, 0.05) is 18.5 Å². The molecule has 4 aliphatic rings. The molecule has 4 aliphatic carbocycles. The number of aryl methyl sites for hydroxylation is 1. The number of hydrogen-bond acceptors (Lipinski definition) is 4. The molecule has 0 spiro atoms. The number of aromatic nitrogens is 1. The van der Waals surface area contributed by atoms with E-state index in [0.717, 1.165) is 52.8 Å². The third kappa shape index (κ3) is 3.84. The molecule has 4 saturated carbocycles. The number of nitrogens with zero attached hydrogens (tertiary/aromatic N) is 1. The largest absolute Gasteiger partial charge is 0.338 e. The van der Waals surface area contributed by atoms with Crippen molar-refractivity contribution in [3.8, 4) is 0 Å². The molecule has 2 aromatic rings. The summed E-state index contributed by atoms with van der Waals surface area (Å²) in [5, 5.41) is 9.63. The number of para-hydroxylation sites is 1. The summed E-state index contributed by atoms with van der Waals surface area (Å²) in [6, 6.07) is 5.88. The van der Waals surface area contributed by atoms with E-state index < -0.39 is 0 Å². The second-order valence-corrected chi connectivity index (χ2v) is 10.3. The summed E-state index contributed by atoms with van der Waals surface area (Å²) in [7, 11) is 0. The van der Waals surface area contributed by atoms with Crippen molar-refractivity contribution in [2.45, 2.75) is 57.4 Å². The molecule has 3 N–H and O–H groups in total. The Labute approximate surface area is 174 Å². The molecule has 154 valence electrons. The molecule has 0 atom stereocenters. The maximum atomic E-state index is 12.5. The summed E-state index contributed by atoms with van der Waals surface area (Å²) in [5.41, 5.74) is 2.03. The number of carbonyl (C=O) groups is 2. The molecule has 1 aromatic heterocycles. The molecule has 0 aliphatic heterocycles. The molecule has 29 heavy (non-hydrogen) atoms. The SMILES string of the molecule is Cc1cccc2sc(NC(=O)CCNC(=O)NC34CC5CC(CC(C5)C3)C4)nc12. The van der Waals surface area contributed by atoms with Crippen molar-refractivity contribution in [1.29, 1.82) is 0 Å². The number of amides is 3. The Balaban J connectivity index is 1.10. The number of benzene rings is 1. The summed E-state index contributed by atoms with van der Waals surface area (Å²) < 4.78 is 1.06. The van der Waals surface area contributed by atoms with Gasteiger partial charge in [-0.3, -0.25) is 4.79 Å². The quantitative estimate of drug-likeness (QED) is 0.688. The Bertz CT molecular complexity index is 918. The van der Waals surface area contributed by atoms with Gasteiger partial charge in [-0.2, -0.15) is 0 Å². The highest BCUT2D eigenvalue weighted by Crippen LogP contribution is 2.55. The van der Waals surface area contributed by atoms with Gasteiger partial charge in [0.05, 0.1) is 10.2 Å². The van der Waals surface area contributed by atoms with Crippen molar-refractivity contribution >= 4 is 38.6 Å². The van der Waals surface area contributed by atoms with Gasteiger partial charge >= 0.3 is 6.03 Å². The summed E-state index contributed by atoms with van der Waals surface area (Å²) in [4.78, 5) is 29.2. The zero-order chi connectivity index (χ0) is 20.0. The monoisotopic (exact) mass is 412 g/mol. The molecule has 0 saturated heterocycles. The lowest BCUT2D eigenvalue weighted by molar-refractivity contribution is -0.116. The fourth-order valence-electron chi connectivity index (χ4n) is 6.16. The molecular formula is C22H28N4O2S. The van der Waals surface area contributed by atoms with Gasteiger partial charge in [0.2, 0.25) is 5.91 Å². The van der Waals surface area contributed by atoms with Crippen LogP contribution in [0.5, 0.6) is 0 Å². The van der Waals surface area contributed by atoms with E-state index in [1.54, 1.807) is 0 Å². The molecule has 0 unspecified atom stereocenters. The summed E-state index contributed by atoms with van der Waals surface area (Å²) in [6.07, 6.45) is 7.69. The Hall–Kier alpha value is -2.15. The number of urea groups is 1. The highest BCUT2D eigenvalue weighted by molar-refractivity contribution is 7.22. The van der Waals surface area contributed by atoms with Crippen molar-refractivity contribution < 1.29 is 9.59 Å². The van der Waals surface area contributed by atoms with Gasteiger partial charge in [0.25, 0.3) is 0 Å². The number of thiazole rings is 1. The first-order valence-electron chi connectivity index (χ1n) is 10.7. The van der Waals surface area contributed by atoms with Crippen LogP contribution in [0.1, 0.15) is 50.5 Å². The van der Waals surface area contributed by atoms with Crippen molar-refractivity contribution in [1.82, 2.24) is 15.6 Å². The summed E-state index contributed by atoms with van der Waals surface area (Å²) >= 11 is 1.47. The normalized spacial score (nSPS) is 29.8. The second kappa shape index (κ2) is 7.27. The van der Waals surface area contributed by atoms with Crippen LogP contribution < -0.4 is 16.0 Å². The number of anilines is 1. The van der Waals surface area contributed by atoms with Crippen LogP contribution >= 0.6 is 11.3 Å². The fraction of sp³-hybridized carbons (Fsp3) is 0.591. The van der Waals surface area contributed by atoms with Crippen molar-refractivity contribution in [3.63, 3.8) is 0 Å². The van der Waals surface area contributed by atoms with Crippen LogP contribution in [0.3, 0.4) is 0 Å².